The Labute approximate surface area is 229 Å². The van der Waals surface area contributed by atoms with Crippen LogP contribution in [0.4, 0.5) is 0 Å². The van der Waals surface area contributed by atoms with E-state index < -0.39 is 6.10 Å². The van der Waals surface area contributed by atoms with Gasteiger partial charge in [-0.1, -0.05) is 39.0 Å². The van der Waals surface area contributed by atoms with Crippen LogP contribution < -0.4 is 5.32 Å². The van der Waals surface area contributed by atoms with E-state index in [9.17, 15) is 9.90 Å². The number of thioether (sulfide) groups is 1. The first kappa shape index (κ1) is 27.1. The predicted molar refractivity (Wildman–Crippen MR) is 150 cm³/mol. The first-order chi connectivity index (χ1) is 17.9. The molecule has 0 radical (unpaired) electrons. The van der Waals surface area contributed by atoms with Gasteiger partial charge in [0.05, 0.1) is 30.8 Å². The van der Waals surface area contributed by atoms with Crippen molar-refractivity contribution < 1.29 is 14.6 Å². The predicted octanol–water partition coefficient (Wildman–Crippen LogP) is 4.57. The number of benzene rings is 1. The van der Waals surface area contributed by atoms with Crippen molar-refractivity contribution in [1.29, 1.82) is 0 Å². The van der Waals surface area contributed by atoms with Gasteiger partial charge in [-0.25, -0.2) is 4.98 Å². The topological polar surface area (TPSA) is 74.7 Å². The minimum Gasteiger partial charge on any atom is -0.392 e. The van der Waals surface area contributed by atoms with Gasteiger partial charge in [0.2, 0.25) is 5.91 Å². The molecule has 1 unspecified atom stereocenters. The summed E-state index contributed by atoms with van der Waals surface area (Å²) >= 11 is 3.69. The van der Waals surface area contributed by atoms with Gasteiger partial charge >= 0.3 is 0 Å². The number of aromatic nitrogens is 1. The maximum atomic E-state index is 13.1. The number of morpholine rings is 1. The Hall–Kier alpha value is -1.45. The van der Waals surface area contributed by atoms with Crippen molar-refractivity contribution in [2.45, 2.75) is 62.7 Å². The minimum atomic E-state index is -0.495. The summed E-state index contributed by atoms with van der Waals surface area (Å²) in [5, 5.41) is 16.0. The Morgan fingerprint density at radius 2 is 2.08 bits per heavy atom. The second-order valence-electron chi connectivity index (χ2n) is 11.4. The maximum Gasteiger partial charge on any atom is 0.223 e. The number of nitrogens with zero attached hydrogens (tertiary/aromatic N) is 2. The summed E-state index contributed by atoms with van der Waals surface area (Å²) in [5.41, 5.74) is 1.23. The number of aliphatic hydroxyl groups excluding tert-OH is 1. The molecule has 2 aliphatic carbocycles. The molecule has 1 amide bonds. The lowest BCUT2D eigenvalue weighted by atomic mass is 9.53. The van der Waals surface area contributed by atoms with Crippen molar-refractivity contribution in [3.8, 4) is 0 Å². The van der Waals surface area contributed by atoms with E-state index >= 15 is 0 Å². The number of fused-ring (bicyclic) bond motifs is 2. The Kier molecular flexibility index (Phi) is 8.61. The van der Waals surface area contributed by atoms with Gasteiger partial charge in [-0.3, -0.25) is 9.69 Å². The molecule has 6 atom stereocenters. The lowest BCUT2D eigenvalue weighted by Gasteiger charge is -2.53. The summed E-state index contributed by atoms with van der Waals surface area (Å²) in [6.07, 6.45) is 2.42. The Morgan fingerprint density at radius 3 is 2.84 bits per heavy atom. The fourth-order valence-corrected chi connectivity index (χ4v) is 9.12. The number of rotatable bonds is 8. The summed E-state index contributed by atoms with van der Waals surface area (Å²) in [4.78, 5) is 23.1. The molecule has 0 bridgehead atoms. The highest BCUT2D eigenvalue weighted by atomic mass is 32.2. The van der Waals surface area contributed by atoms with Gasteiger partial charge in [0.1, 0.15) is 5.01 Å². The summed E-state index contributed by atoms with van der Waals surface area (Å²) in [5.74, 6) is 1.04. The van der Waals surface area contributed by atoms with Gasteiger partial charge < -0.3 is 15.2 Å². The molecule has 1 saturated heterocycles. The van der Waals surface area contributed by atoms with Crippen LogP contribution in [0.15, 0.2) is 35.2 Å². The molecule has 1 aromatic heterocycles. The van der Waals surface area contributed by atoms with Crippen molar-refractivity contribution in [3.05, 3.63) is 45.9 Å². The first-order valence-corrected chi connectivity index (χ1v) is 15.6. The number of ether oxygens (including phenoxy) is 1. The average Bonchev–Trinajstić information content (AvgIpc) is 3.31. The number of nitrogens with one attached hydrogen (secondary N) is 1. The molecule has 8 heteroatoms. The van der Waals surface area contributed by atoms with Gasteiger partial charge in [-0.2, -0.15) is 0 Å². The van der Waals surface area contributed by atoms with Crippen LogP contribution >= 0.6 is 23.1 Å². The van der Waals surface area contributed by atoms with Crippen LogP contribution in [-0.2, 0) is 21.7 Å². The molecule has 3 aliphatic rings. The van der Waals surface area contributed by atoms with Gasteiger partial charge in [0.25, 0.3) is 0 Å². The highest BCUT2D eigenvalue weighted by Crippen LogP contribution is 2.57. The minimum absolute atomic E-state index is 0.0165. The molecule has 2 aromatic rings. The molecular weight excluding hydrogens is 502 g/mol. The van der Waals surface area contributed by atoms with Crippen LogP contribution in [0, 0.1) is 23.2 Å². The van der Waals surface area contributed by atoms with E-state index in [1.807, 2.05) is 36.1 Å². The molecule has 6 nitrogen and oxygen atoms in total. The number of thiazole rings is 1. The zero-order valence-corrected chi connectivity index (χ0v) is 24.0. The van der Waals surface area contributed by atoms with Gasteiger partial charge in [0, 0.05) is 47.8 Å². The standard InChI is InChI=1S/C29H41N3O3S2/c1-19(28(34)30-11-12-32-13-15-35-16-14-32)22-9-10-29(3)17-23-26(20(2)25(29)27(22)33)31-24(37-23)18-36-21-7-5-4-6-8-21/h4-8,19-20,22,25,27,33H,9-18H2,1-3H3,(H,30,34)/t19-,20-,22?,25+,27-,29-/m0/s1. The SMILES string of the molecule is C[C@H](C(=O)NCCN1CCOCC1)C1CC[C@@]2(C)Cc3sc(CSc4ccccc4)nc3[C@@H](C)[C@@H]2[C@H]1O. The molecule has 5 rings (SSSR count). The molecule has 1 saturated carbocycles. The van der Waals surface area contributed by atoms with Crippen LogP contribution in [0.1, 0.15) is 55.1 Å². The Bertz CT molecular complexity index is 1060. The average molecular weight is 544 g/mol. The third kappa shape index (κ3) is 5.93. The largest absolute Gasteiger partial charge is 0.392 e. The van der Waals surface area contributed by atoms with Gasteiger partial charge in [0.15, 0.2) is 0 Å². The van der Waals surface area contributed by atoms with Crippen LogP contribution in [-0.4, -0.2) is 66.4 Å². The fourth-order valence-electron chi connectivity index (χ4n) is 6.84. The number of carbonyl (C=O) groups excluding carboxylic acids is 1. The summed E-state index contributed by atoms with van der Waals surface area (Å²) in [6, 6.07) is 10.5. The number of amides is 1. The Morgan fingerprint density at radius 1 is 1.32 bits per heavy atom. The second-order valence-corrected chi connectivity index (χ2v) is 13.6. The zero-order chi connectivity index (χ0) is 26.0. The van der Waals surface area contributed by atoms with E-state index in [1.165, 1.54) is 20.5 Å². The fraction of sp³-hybridized carbons (Fsp3) is 0.655. The molecule has 2 heterocycles. The number of hydrogen-bond acceptors (Lipinski definition) is 7. The van der Waals surface area contributed by atoms with Crippen molar-refractivity contribution in [2.24, 2.45) is 23.2 Å². The third-order valence-corrected chi connectivity index (χ3v) is 11.2. The van der Waals surface area contributed by atoms with Gasteiger partial charge in [-0.15, -0.1) is 23.1 Å². The zero-order valence-electron chi connectivity index (χ0n) is 22.3. The van der Waals surface area contributed by atoms with Crippen molar-refractivity contribution >= 4 is 29.0 Å². The van der Waals surface area contributed by atoms with E-state index in [2.05, 4.69) is 48.3 Å². The van der Waals surface area contributed by atoms with E-state index in [-0.39, 0.29) is 35.0 Å². The maximum absolute atomic E-state index is 13.1. The first-order valence-electron chi connectivity index (χ1n) is 13.8. The summed E-state index contributed by atoms with van der Waals surface area (Å²) in [7, 11) is 0. The molecule has 1 aromatic carbocycles. The quantitative estimate of drug-likeness (QED) is 0.475. The second kappa shape index (κ2) is 11.7. The van der Waals surface area contributed by atoms with E-state index in [0.29, 0.717) is 6.54 Å². The summed E-state index contributed by atoms with van der Waals surface area (Å²) in [6.45, 7) is 11.5. The van der Waals surface area contributed by atoms with Crippen molar-refractivity contribution in [2.75, 3.05) is 39.4 Å². The lowest BCUT2D eigenvalue weighted by Crippen LogP contribution is -2.53. The molecule has 202 valence electrons. The normalized spacial score (nSPS) is 30.8. The van der Waals surface area contributed by atoms with Gasteiger partial charge in [-0.05, 0) is 48.6 Å². The van der Waals surface area contributed by atoms with Crippen LogP contribution in [0.5, 0.6) is 0 Å². The highest BCUT2D eigenvalue weighted by Gasteiger charge is 2.53. The number of carbonyl (C=O) groups is 1. The smallest absolute Gasteiger partial charge is 0.223 e. The molecule has 37 heavy (non-hydrogen) atoms. The monoisotopic (exact) mass is 543 g/mol. The lowest BCUT2D eigenvalue weighted by molar-refractivity contribution is -0.134. The molecular formula is C29H41N3O3S2. The third-order valence-electron chi connectivity index (χ3n) is 8.96. The number of hydrogen-bond donors (Lipinski definition) is 2. The van der Waals surface area contributed by atoms with Crippen molar-refractivity contribution in [1.82, 2.24) is 15.2 Å². The molecule has 0 spiro atoms. The van der Waals surface area contributed by atoms with Crippen molar-refractivity contribution in [3.63, 3.8) is 0 Å². The van der Waals surface area contributed by atoms with Crippen LogP contribution in [0.2, 0.25) is 0 Å². The van der Waals surface area contributed by atoms with Crippen LogP contribution in [0.3, 0.4) is 0 Å². The van der Waals surface area contributed by atoms with E-state index in [1.54, 1.807) is 0 Å². The van der Waals surface area contributed by atoms with E-state index in [0.717, 1.165) is 57.9 Å². The molecule has 2 N–H and O–H groups in total. The summed E-state index contributed by atoms with van der Waals surface area (Å²) < 4.78 is 5.41. The molecule has 1 aliphatic heterocycles. The molecule has 2 fully saturated rings. The Balaban J connectivity index is 1.22. The number of aliphatic hydroxyl groups is 1. The van der Waals surface area contributed by atoms with Crippen LogP contribution in [0.25, 0.3) is 0 Å². The van der Waals surface area contributed by atoms with E-state index in [4.69, 9.17) is 9.72 Å². The highest BCUT2D eigenvalue weighted by molar-refractivity contribution is 7.98.